The Labute approximate surface area is 198 Å². The van der Waals surface area contributed by atoms with Crippen molar-refractivity contribution in [2.75, 3.05) is 6.61 Å². The lowest BCUT2D eigenvalue weighted by Crippen LogP contribution is -2.06. The molecule has 4 aromatic rings. The second-order valence-electron chi connectivity index (χ2n) is 7.77. The standard InChI is InChI=1S/C26H21F3N2O4/c27-26(28,29)21-8-4-7-19(11-21)16-34-22-9-10-24-23(12-22)20(13-30-35-17-25(32)33)15-31(24)14-18-5-2-1-3-6-18/h1-13,15H,14,16-17H2,(H,32,33). The lowest BCUT2D eigenvalue weighted by atomic mass is 10.1. The summed E-state index contributed by atoms with van der Waals surface area (Å²) < 4.78 is 46.7. The van der Waals surface area contributed by atoms with Gasteiger partial charge in [0.2, 0.25) is 6.61 Å². The minimum atomic E-state index is -4.42. The smallest absolute Gasteiger partial charge is 0.416 e. The molecule has 0 spiro atoms. The molecule has 1 N–H and O–H groups in total. The maximum atomic E-state index is 13.0. The summed E-state index contributed by atoms with van der Waals surface area (Å²) in [6.45, 7) is -0.0125. The fourth-order valence-electron chi connectivity index (χ4n) is 3.60. The molecule has 35 heavy (non-hydrogen) atoms. The monoisotopic (exact) mass is 482 g/mol. The Bertz CT molecular complexity index is 1350. The number of hydrogen-bond donors (Lipinski definition) is 1. The van der Waals surface area contributed by atoms with Gasteiger partial charge >= 0.3 is 12.1 Å². The predicted octanol–water partition coefficient (Wildman–Crippen LogP) is 5.72. The molecule has 0 amide bonds. The molecule has 0 radical (unpaired) electrons. The Morgan fingerprint density at radius 2 is 1.77 bits per heavy atom. The van der Waals surface area contributed by atoms with Crippen LogP contribution in [0, 0.1) is 0 Å². The summed E-state index contributed by atoms with van der Waals surface area (Å²) >= 11 is 0. The maximum Gasteiger partial charge on any atom is 0.416 e. The Morgan fingerprint density at radius 1 is 1.00 bits per heavy atom. The van der Waals surface area contributed by atoms with Crippen LogP contribution in [0.2, 0.25) is 0 Å². The van der Waals surface area contributed by atoms with Crippen molar-refractivity contribution in [3.8, 4) is 5.75 Å². The molecule has 1 aromatic heterocycles. The third-order valence-corrected chi connectivity index (χ3v) is 5.19. The van der Waals surface area contributed by atoms with Crippen molar-refractivity contribution < 1.29 is 32.6 Å². The minimum absolute atomic E-state index is 0.0364. The van der Waals surface area contributed by atoms with Crippen LogP contribution in [0.3, 0.4) is 0 Å². The van der Waals surface area contributed by atoms with Crippen molar-refractivity contribution in [3.05, 3.63) is 101 Å². The summed E-state index contributed by atoms with van der Waals surface area (Å²) in [5.74, 6) is -0.674. The third-order valence-electron chi connectivity index (χ3n) is 5.19. The molecule has 6 nitrogen and oxygen atoms in total. The second kappa shape index (κ2) is 10.3. The lowest BCUT2D eigenvalue weighted by molar-refractivity contribution is -0.142. The molecular formula is C26H21F3N2O4. The highest BCUT2D eigenvalue weighted by Gasteiger charge is 2.30. The van der Waals surface area contributed by atoms with Crippen LogP contribution in [0.5, 0.6) is 5.75 Å². The van der Waals surface area contributed by atoms with Crippen LogP contribution in [0.25, 0.3) is 10.9 Å². The van der Waals surface area contributed by atoms with Gasteiger partial charge in [0, 0.05) is 29.2 Å². The van der Waals surface area contributed by atoms with E-state index in [1.165, 1.54) is 12.3 Å². The van der Waals surface area contributed by atoms with E-state index in [1.54, 1.807) is 18.2 Å². The number of hydrogen-bond acceptors (Lipinski definition) is 4. The fourth-order valence-corrected chi connectivity index (χ4v) is 3.60. The molecule has 3 aromatic carbocycles. The van der Waals surface area contributed by atoms with Crippen molar-refractivity contribution >= 4 is 23.1 Å². The molecule has 0 bridgehead atoms. The Morgan fingerprint density at radius 3 is 2.51 bits per heavy atom. The molecule has 4 rings (SSSR count). The normalized spacial score (nSPS) is 11.7. The van der Waals surface area contributed by atoms with Gasteiger partial charge in [0.05, 0.1) is 11.8 Å². The topological polar surface area (TPSA) is 73.0 Å². The van der Waals surface area contributed by atoms with E-state index in [2.05, 4.69) is 5.16 Å². The number of carboxylic acids is 1. The number of carbonyl (C=O) groups is 1. The summed E-state index contributed by atoms with van der Waals surface area (Å²) in [4.78, 5) is 15.4. The number of aromatic nitrogens is 1. The van der Waals surface area contributed by atoms with Crippen LogP contribution in [0.1, 0.15) is 22.3 Å². The van der Waals surface area contributed by atoms with E-state index in [0.717, 1.165) is 28.6 Å². The van der Waals surface area contributed by atoms with Gasteiger partial charge in [-0.15, -0.1) is 0 Å². The Kier molecular flexibility index (Phi) is 7.05. The number of alkyl halides is 3. The molecule has 0 aliphatic heterocycles. The molecule has 9 heteroatoms. The van der Waals surface area contributed by atoms with E-state index in [-0.39, 0.29) is 6.61 Å². The van der Waals surface area contributed by atoms with Crippen LogP contribution >= 0.6 is 0 Å². The van der Waals surface area contributed by atoms with Crippen molar-refractivity contribution in [3.63, 3.8) is 0 Å². The highest BCUT2D eigenvalue weighted by Crippen LogP contribution is 2.30. The summed E-state index contributed by atoms with van der Waals surface area (Å²) in [5.41, 5.74) is 2.29. The van der Waals surface area contributed by atoms with Gasteiger partial charge in [0.15, 0.2) is 0 Å². The van der Waals surface area contributed by atoms with Gasteiger partial charge in [-0.3, -0.25) is 0 Å². The number of benzene rings is 3. The number of halogens is 3. The molecule has 0 unspecified atom stereocenters. The van der Waals surface area contributed by atoms with Crippen LogP contribution in [-0.2, 0) is 29.0 Å². The van der Waals surface area contributed by atoms with Crippen LogP contribution in [0.4, 0.5) is 13.2 Å². The zero-order chi connectivity index (χ0) is 24.8. The maximum absolute atomic E-state index is 13.0. The highest BCUT2D eigenvalue weighted by molar-refractivity contribution is 6.00. The van der Waals surface area contributed by atoms with Gasteiger partial charge in [0.1, 0.15) is 12.4 Å². The van der Waals surface area contributed by atoms with Gasteiger partial charge < -0.3 is 19.2 Å². The fraction of sp³-hybridized carbons (Fsp3) is 0.154. The number of fused-ring (bicyclic) bond motifs is 1. The first-order valence-electron chi connectivity index (χ1n) is 10.6. The summed E-state index contributed by atoms with van der Waals surface area (Å²) in [6, 6.07) is 20.2. The quantitative estimate of drug-likeness (QED) is 0.245. The van der Waals surface area contributed by atoms with Crippen LogP contribution in [0.15, 0.2) is 84.1 Å². The highest BCUT2D eigenvalue weighted by atomic mass is 19.4. The lowest BCUT2D eigenvalue weighted by Gasteiger charge is -2.11. The molecule has 1 heterocycles. The van der Waals surface area contributed by atoms with E-state index in [1.807, 2.05) is 47.2 Å². The molecule has 0 saturated heterocycles. The number of nitrogens with zero attached hydrogens (tertiary/aromatic N) is 2. The predicted molar refractivity (Wildman–Crippen MR) is 124 cm³/mol. The summed E-state index contributed by atoms with van der Waals surface area (Å²) in [6.07, 6.45) is -1.14. The Balaban J connectivity index is 1.60. The number of ether oxygens (including phenoxy) is 1. The van der Waals surface area contributed by atoms with Crippen molar-refractivity contribution in [1.82, 2.24) is 4.57 Å². The average Bonchev–Trinajstić information content (AvgIpc) is 3.17. The van der Waals surface area contributed by atoms with Gasteiger partial charge in [-0.1, -0.05) is 47.6 Å². The number of rotatable bonds is 9. The average molecular weight is 482 g/mol. The zero-order valence-corrected chi connectivity index (χ0v) is 18.4. The van der Waals surface area contributed by atoms with Gasteiger partial charge in [-0.2, -0.15) is 13.2 Å². The second-order valence-corrected chi connectivity index (χ2v) is 7.77. The van der Waals surface area contributed by atoms with E-state index in [9.17, 15) is 18.0 Å². The minimum Gasteiger partial charge on any atom is -0.489 e. The largest absolute Gasteiger partial charge is 0.489 e. The van der Waals surface area contributed by atoms with Crippen LogP contribution in [-0.4, -0.2) is 28.5 Å². The molecule has 0 fully saturated rings. The summed E-state index contributed by atoms with van der Waals surface area (Å²) in [7, 11) is 0. The van der Waals surface area contributed by atoms with E-state index >= 15 is 0 Å². The first-order valence-corrected chi connectivity index (χ1v) is 10.6. The summed E-state index contributed by atoms with van der Waals surface area (Å²) in [5, 5.41) is 13.2. The third kappa shape index (κ3) is 6.20. The molecule has 0 aliphatic carbocycles. The Hall–Kier alpha value is -4.27. The number of carboxylic acid groups (broad SMARTS) is 1. The van der Waals surface area contributed by atoms with Crippen molar-refractivity contribution in [2.24, 2.45) is 5.16 Å². The molecule has 180 valence electrons. The number of oxime groups is 1. The van der Waals surface area contributed by atoms with E-state index in [0.29, 0.717) is 23.4 Å². The zero-order valence-electron chi connectivity index (χ0n) is 18.4. The van der Waals surface area contributed by atoms with Crippen LogP contribution < -0.4 is 4.74 Å². The van der Waals surface area contributed by atoms with Crippen molar-refractivity contribution in [1.29, 1.82) is 0 Å². The first kappa shape index (κ1) is 23.9. The molecule has 0 atom stereocenters. The van der Waals surface area contributed by atoms with Gasteiger partial charge in [-0.05, 0) is 41.5 Å². The van der Waals surface area contributed by atoms with E-state index in [4.69, 9.17) is 14.7 Å². The first-order chi connectivity index (χ1) is 16.8. The van der Waals surface area contributed by atoms with Gasteiger partial charge in [0.25, 0.3) is 0 Å². The number of aliphatic carboxylic acids is 1. The van der Waals surface area contributed by atoms with E-state index < -0.39 is 24.3 Å². The van der Waals surface area contributed by atoms with Crippen molar-refractivity contribution in [2.45, 2.75) is 19.3 Å². The molecular weight excluding hydrogens is 461 g/mol. The SMILES string of the molecule is O=C(O)CON=Cc1cn(Cc2ccccc2)c2ccc(OCc3cccc(C(F)(F)F)c3)cc12. The molecule has 0 aliphatic rings. The molecule has 0 saturated carbocycles. The van der Waals surface area contributed by atoms with Gasteiger partial charge in [-0.25, -0.2) is 4.79 Å².